The Balaban J connectivity index is 2.04. The molecule has 30 heavy (non-hydrogen) atoms. The smallest absolute Gasteiger partial charge is 0.217 e. The van der Waals surface area contributed by atoms with Crippen molar-refractivity contribution in [3.05, 3.63) is 12.2 Å². The molecule has 0 fully saturated rings. The van der Waals surface area contributed by atoms with Crippen molar-refractivity contribution in [2.45, 2.75) is 111 Å². The Morgan fingerprint density at radius 2 is 1.53 bits per heavy atom. The summed E-state index contributed by atoms with van der Waals surface area (Å²) < 4.78 is 0.965. The molecular formula is C26H50N3O+. The molecule has 4 nitrogen and oxygen atoms in total. The molecule has 0 aromatic rings. The fraction of sp³-hybridized carbons (Fsp3) is 0.846. The van der Waals surface area contributed by atoms with Gasteiger partial charge in [-0.25, -0.2) is 4.99 Å². The van der Waals surface area contributed by atoms with Gasteiger partial charge in [-0.05, 0) is 26.2 Å². The first-order valence-electron chi connectivity index (χ1n) is 12.9. The lowest BCUT2D eigenvalue weighted by Gasteiger charge is -2.33. The zero-order valence-corrected chi connectivity index (χ0v) is 20.4. The summed E-state index contributed by atoms with van der Waals surface area (Å²) in [5, 5.41) is 2.95. The van der Waals surface area contributed by atoms with Crippen molar-refractivity contribution in [1.82, 2.24) is 5.32 Å². The molecule has 1 aliphatic heterocycles. The highest BCUT2D eigenvalue weighted by Gasteiger charge is 2.35. The Morgan fingerprint density at radius 1 is 0.933 bits per heavy atom. The van der Waals surface area contributed by atoms with E-state index in [1.165, 1.54) is 82.9 Å². The molecule has 1 atom stereocenters. The molecule has 1 heterocycles. The van der Waals surface area contributed by atoms with Crippen LogP contribution in [0.2, 0.25) is 0 Å². The Hall–Kier alpha value is -1.16. The average Bonchev–Trinajstić information content (AvgIpc) is 3.13. The van der Waals surface area contributed by atoms with Crippen molar-refractivity contribution >= 4 is 11.7 Å². The van der Waals surface area contributed by atoms with E-state index in [0.29, 0.717) is 0 Å². The molecule has 174 valence electrons. The maximum Gasteiger partial charge on any atom is 0.217 e. The summed E-state index contributed by atoms with van der Waals surface area (Å²) in [6, 6.07) is 0. The summed E-state index contributed by atoms with van der Waals surface area (Å²) >= 11 is 0. The van der Waals surface area contributed by atoms with Crippen LogP contribution < -0.4 is 5.32 Å². The molecule has 0 saturated carbocycles. The molecule has 0 aromatic carbocycles. The van der Waals surface area contributed by atoms with Crippen LogP contribution in [0.5, 0.6) is 0 Å². The van der Waals surface area contributed by atoms with E-state index in [9.17, 15) is 4.79 Å². The average molecular weight is 421 g/mol. The number of hydrogen-bond donors (Lipinski definition) is 1. The van der Waals surface area contributed by atoms with Crippen LogP contribution in [-0.4, -0.2) is 48.9 Å². The Bertz CT molecular complexity index is 501. The molecule has 1 amide bonds. The number of aliphatic imine (C=N–C) groups is 1. The van der Waals surface area contributed by atoms with Crippen LogP contribution in [0.3, 0.4) is 0 Å². The van der Waals surface area contributed by atoms with E-state index in [1.54, 1.807) is 6.92 Å². The maximum atomic E-state index is 11.2. The summed E-state index contributed by atoms with van der Waals surface area (Å²) in [5.41, 5.74) is 0. The third-order valence-electron chi connectivity index (χ3n) is 6.56. The van der Waals surface area contributed by atoms with Crippen LogP contribution in [0, 0.1) is 0 Å². The van der Waals surface area contributed by atoms with Gasteiger partial charge in [0.2, 0.25) is 5.91 Å². The highest BCUT2D eigenvalue weighted by Crippen LogP contribution is 2.19. The Kier molecular flexibility index (Phi) is 15.7. The van der Waals surface area contributed by atoms with Gasteiger partial charge >= 0.3 is 0 Å². The molecule has 1 aliphatic rings. The van der Waals surface area contributed by atoms with Crippen LogP contribution in [-0.2, 0) is 4.79 Å². The second-order valence-corrected chi connectivity index (χ2v) is 9.02. The molecule has 0 aromatic heterocycles. The highest BCUT2D eigenvalue weighted by molar-refractivity contribution is 5.77. The predicted octanol–water partition coefficient (Wildman–Crippen LogP) is 6.41. The van der Waals surface area contributed by atoms with Gasteiger partial charge in [-0.15, -0.1) is 0 Å². The van der Waals surface area contributed by atoms with Gasteiger partial charge < -0.3 is 5.32 Å². The SMILES string of the molecule is CCCCCCCCCCCCC/C=C/CCC1=NCC[N+]1(CC)CCNC(C)=O. The summed E-state index contributed by atoms with van der Waals surface area (Å²) in [4.78, 5) is 16.0. The number of rotatable bonds is 19. The molecule has 0 aliphatic carbocycles. The lowest BCUT2D eigenvalue weighted by molar-refractivity contribution is -0.833. The van der Waals surface area contributed by atoms with Crippen LogP contribution in [0.4, 0.5) is 0 Å². The highest BCUT2D eigenvalue weighted by atomic mass is 16.1. The lowest BCUT2D eigenvalue weighted by atomic mass is 10.1. The van der Waals surface area contributed by atoms with Gasteiger partial charge in [0.05, 0.1) is 19.6 Å². The molecule has 0 spiro atoms. The van der Waals surface area contributed by atoms with Crippen LogP contribution in [0.1, 0.15) is 111 Å². The van der Waals surface area contributed by atoms with Crippen molar-refractivity contribution in [2.75, 3.05) is 32.7 Å². The first-order chi connectivity index (χ1) is 14.6. The topological polar surface area (TPSA) is 41.5 Å². The van der Waals surface area contributed by atoms with Gasteiger partial charge in [0.15, 0.2) is 5.84 Å². The number of carbonyl (C=O) groups is 1. The van der Waals surface area contributed by atoms with Crippen molar-refractivity contribution in [2.24, 2.45) is 4.99 Å². The van der Waals surface area contributed by atoms with Gasteiger partial charge in [0, 0.05) is 13.3 Å². The number of carbonyl (C=O) groups excluding carboxylic acids is 1. The summed E-state index contributed by atoms with van der Waals surface area (Å²) in [5.74, 6) is 1.40. The molecule has 0 bridgehead atoms. The fourth-order valence-electron chi connectivity index (χ4n) is 4.53. The molecule has 4 heteroatoms. The van der Waals surface area contributed by atoms with E-state index in [1.807, 2.05) is 0 Å². The predicted molar refractivity (Wildman–Crippen MR) is 131 cm³/mol. The van der Waals surface area contributed by atoms with E-state index < -0.39 is 0 Å². The fourth-order valence-corrected chi connectivity index (χ4v) is 4.53. The standard InChI is InChI=1S/C26H49N3O/c1-4-6-7-8-9-10-11-12-13-14-15-16-17-18-19-20-26-28-22-24-29(26,5-2)23-21-27-25(3)30/h17-18H,4-16,19-24H2,1-3H3/p+1/b18-17+. The van der Waals surface area contributed by atoms with Crippen LogP contribution in [0.25, 0.3) is 0 Å². The molecule has 1 N–H and O–H groups in total. The number of amides is 1. The van der Waals surface area contributed by atoms with Crippen molar-refractivity contribution in [3.8, 4) is 0 Å². The lowest BCUT2D eigenvalue weighted by Crippen LogP contribution is -2.54. The van der Waals surface area contributed by atoms with Crippen molar-refractivity contribution < 1.29 is 9.28 Å². The second kappa shape index (κ2) is 17.5. The van der Waals surface area contributed by atoms with E-state index >= 15 is 0 Å². The molecule has 1 rings (SSSR count). The largest absolute Gasteiger partial charge is 0.351 e. The Morgan fingerprint density at radius 3 is 2.13 bits per heavy atom. The monoisotopic (exact) mass is 420 g/mol. The van der Waals surface area contributed by atoms with Gasteiger partial charge in [-0.3, -0.25) is 9.28 Å². The third-order valence-corrected chi connectivity index (χ3v) is 6.56. The van der Waals surface area contributed by atoms with E-state index in [2.05, 4.69) is 31.3 Å². The molecule has 0 saturated heterocycles. The molecule has 0 radical (unpaired) electrons. The van der Waals surface area contributed by atoms with E-state index in [4.69, 9.17) is 4.99 Å². The summed E-state index contributed by atoms with van der Waals surface area (Å²) in [7, 11) is 0. The van der Waals surface area contributed by atoms with Gasteiger partial charge in [-0.2, -0.15) is 0 Å². The minimum absolute atomic E-state index is 0.0623. The molecule has 1 unspecified atom stereocenters. The van der Waals surface area contributed by atoms with Crippen molar-refractivity contribution in [1.29, 1.82) is 0 Å². The minimum atomic E-state index is 0.0623. The maximum absolute atomic E-state index is 11.2. The van der Waals surface area contributed by atoms with Gasteiger partial charge in [0.1, 0.15) is 13.1 Å². The number of amidine groups is 1. The number of nitrogens with zero attached hydrogens (tertiary/aromatic N) is 2. The number of likely N-dealkylation sites (N-methyl/N-ethyl adjacent to an activating group) is 1. The number of unbranched alkanes of at least 4 members (excludes halogenated alkanes) is 11. The zero-order chi connectivity index (χ0) is 21.9. The summed E-state index contributed by atoms with van der Waals surface area (Å²) in [6.07, 6.45) is 23.6. The first kappa shape index (κ1) is 26.9. The van der Waals surface area contributed by atoms with Crippen molar-refractivity contribution in [3.63, 3.8) is 0 Å². The summed E-state index contributed by atoms with van der Waals surface area (Å²) in [6.45, 7) is 10.9. The Labute approximate surface area is 187 Å². The first-order valence-corrected chi connectivity index (χ1v) is 12.9. The van der Waals surface area contributed by atoms with E-state index in [0.717, 1.165) is 50.0 Å². The molecular weight excluding hydrogens is 370 g/mol. The minimum Gasteiger partial charge on any atom is -0.351 e. The second-order valence-electron chi connectivity index (χ2n) is 9.02. The number of allylic oxidation sites excluding steroid dienone is 2. The number of nitrogens with one attached hydrogen (secondary N) is 1. The van der Waals surface area contributed by atoms with Gasteiger partial charge in [-0.1, -0.05) is 83.3 Å². The van der Waals surface area contributed by atoms with Crippen LogP contribution in [0.15, 0.2) is 17.1 Å². The number of hydrogen-bond acceptors (Lipinski definition) is 2. The third kappa shape index (κ3) is 11.9. The normalized spacial score (nSPS) is 18.8. The quantitative estimate of drug-likeness (QED) is 0.146. The number of quaternary nitrogens is 1. The zero-order valence-electron chi connectivity index (χ0n) is 20.4. The van der Waals surface area contributed by atoms with E-state index in [-0.39, 0.29) is 5.91 Å². The van der Waals surface area contributed by atoms with Crippen LogP contribution >= 0.6 is 0 Å². The van der Waals surface area contributed by atoms with Gasteiger partial charge in [0.25, 0.3) is 0 Å².